The normalized spacial score (nSPS) is 14.6. The van der Waals surface area contributed by atoms with E-state index in [1.54, 1.807) is 24.3 Å². The molecule has 0 unspecified atom stereocenters. The number of nitriles is 2. The van der Waals surface area contributed by atoms with E-state index in [2.05, 4.69) is 125 Å². The van der Waals surface area contributed by atoms with Gasteiger partial charge in [0.1, 0.15) is 11.8 Å². The van der Waals surface area contributed by atoms with Crippen LogP contribution in [0.15, 0.2) is 321 Å². The number of phenols is 1. The lowest BCUT2D eigenvalue weighted by Crippen LogP contribution is -2.61. The van der Waals surface area contributed by atoms with E-state index in [9.17, 15) is 30.7 Å². The van der Waals surface area contributed by atoms with Crippen LogP contribution in [-0.4, -0.2) is 30.1 Å². The lowest BCUT2D eigenvalue weighted by Gasteiger charge is -2.45. The van der Waals surface area contributed by atoms with E-state index < -0.39 is 109 Å². The van der Waals surface area contributed by atoms with Crippen LogP contribution in [-0.2, 0) is 5.41 Å². The minimum Gasteiger partial charge on any atom is -0.506 e. The zero-order valence-corrected chi connectivity index (χ0v) is 57.0. The monoisotopic (exact) mass is 1370 g/mol. The summed E-state index contributed by atoms with van der Waals surface area (Å²) in [5.41, 5.74) is 13.5. The number of aromatic nitrogens is 4. The van der Waals surface area contributed by atoms with Crippen LogP contribution in [0.3, 0.4) is 0 Å². The van der Waals surface area contributed by atoms with Crippen LogP contribution in [0, 0.1) is 22.7 Å². The number of rotatable bonds is 8. The smallest absolute Gasteiger partial charge is 0.252 e. The second-order valence-electron chi connectivity index (χ2n) is 28.1. The minimum absolute atomic E-state index is 0.126. The van der Waals surface area contributed by atoms with Crippen molar-refractivity contribution < 1.29 is 25.7 Å². The van der Waals surface area contributed by atoms with E-state index in [1.165, 1.54) is 9.13 Å². The molecule has 0 saturated heterocycles. The lowest BCUT2D eigenvalue weighted by atomic mass is 9.33. The highest BCUT2D eigenvalue weighted by Crippen LogP contribution is 2.54. The summed E-state index contributed by atoms with van der Waals surface area (Å²) in [6, 6.07) is 71.5. The number of anilines is 6. The maximum Gasteiger partial charge on any atom is 0.252 e. The maximum absolute atomic E-state index is 12.6. The third kappa shape index (κ3) is 8.83. The van der Waals surface area contributed by atoms with Crippen molar-refractivity contribution in [2.24, 2.45) is 0 Å². The van der Waals surface area contributed by atoms with Crippen LogP contribution >= 0.6 is 0 Å². The van der Waals surface area contributed by atoms with Gasteiger partial charge in [-0.1, -0.05) is 215 Å². The second-order valence-corrected chi connectivity index (χ2v) is 28.1. The fourth-order valence-corrected chi connectivity index (χ4v) is 16.8. The molecule has 10 heteroatoms. The molecule has 21 rings (SSSR count). The van der Waals surface area contributed by atoms with Gasteiger partial charge < -0.3 is 33.2 Å². The molecule has 9 nitrogen and oxygen atoms in total. The first-order chi connectivity index (χ1) is 58.3. The standard InChI is InChI=1S/C96H63BN8O/c1-96(2,3)63-50-75(60-23-6-4-7-24-60)94(76(51-63)61-25-8-5-9-26-61)105-89-54-66(103-85-39-21-14-31-72(85)74-33-22-40-92(106)95(74)103)45-47-79(89)97-78-46-44-65(101-82-36-18-12-29-70(82)71-30-13-19-37-83(71)101)53-88(78)104(87-52-64(43-42-62(87)58-99)100-80-34-16-10-27-68(80)69-28-11-17-35-81(69)100)90-55-67(56-91(105)93(90)97)102-84-38-20-15-32-73(84)77-49-59(57-98)41-48-86(77)102/h4-56,106H,1-3H3/i12D,13D,14D,18D,19D,21D,22D,29D,30D,31D,33D,36D,37D,39D,40D. The molecule has 0 spiro atoms. The van der Waals surface area contributed by atoms with Gasteiger partial charge in [-0.25, -0.2) is 0 Å². The van der Waals surface area contributed by atoms with Crippen molar-refractivity contribution in [3.63, 3.8) is 0 Å². The molecule has 0 radical (unpaired) electrons. The molecule has 0 bridgehead atoms. The van der Waals surface area contributed by atoms with E-state index in [0.29, 0.717) is 73.0 Å². The molecule has 0 aliphatic carbocycles. The highest BCUT2D eigenvalue weighted by atomic mass is 16.3. The Morgan fingerprint density at radius 2 is 0.802 bits per heavy atom. The third-order valence-electron chi connectivity index (χ3n) is 21.4. The number of benzene rings is 15. The summed E-state index contributed by atoms with van der Waals surface area (Å²) in [7, 11) is 0. The molecule has 1 N–H and O–H groups in total. The van der Waals surface area contributed by atoms with Gasteiger partial charge in [0.25, 0.3) is 6.71 Å². The predicted octanol–water partition coefficient (Wildman–Crippen LogP) is 22.2. The number of nitrogens with zero attached hydrogens (tertiary/aromatic N) is 8. The van der Waals surface area contributed by atoms with Gasteiger partial charge in [-0.15, -0.1) is 0 Å². The molecule has 15 aromatic carbocycles. The molecule has 2 aliphatic heterocycles. The van der Waals surface area contributed by atoms with E-state index >= 15 is 0 Å². The molecule has 106 heavy (non-hydrogen) atoms. The Kier molecular flexibility index (Phi) is 10.2. The first-order valence-corrected chi connectivity index (χ1v) is 34.9. The molecule has 0 fully saturated rings. The molecule has 4 aromatic heterocycles. The van der Waals surface area contributed by atoms with E-state index in [1.807, 2.05) is 133 Å². The first-order valence-electron chi connectivity index (χ1n) is 42.4. The summed E-state index contributed by atoms with van der Waals surface area (Å²) in [6.07, 6.45) is 0. The topological polar surface area (TPSA) is 94.0 Å². The summed E-state index contributed by atoms with van der Waals surface area (Å²) in [6.45, 7) is 5.57. The highest BCUT2D eigenvalue weighted by molar-refractivity contribution is 7.00. The quantitative estimate of drug-likeness (QED) is 0.153. The maximum atomic E-state index is 12.6. The molecule has 2 aliphatic rings. The van der Waals surface area contributed by atoms with Crippen LogP contribution in [0.1, 0.15) is 58.0 Å². The van der Waals surface area contributed by atoms with Crippen molar-refractivity contribution >= 4 is 144 Å². The summed E-state index contributed by atoms with van der Waals surface area (Å²) < 4.78 is 149. The second kappa shape index (κ2) is 23.0. The molecule has 0 saturated carbocycles. The van der Waals surface area contributed by atoms with E-state index in [4.69, 9.17) is 5.48 Å². The summed E-state index contributed by atoms with van der Waals surface area (Å²) in [4.78, 5) is 4.28. The number of fused-ring (bicyclic) bond motifs is 16. The van der Waals surface area contributed by atoms with Crippen LogP contribution < -0.4 is 26.2 Å². The summed E-state index contributed by atoms with van der Waals surface area (Å²) >= 11 is 0. The van der Waals surface area contributed by atoms with E-state index in [-0.39, 0.29) is 60.5 Å². The van der Waals surface area contributed by atoms with Gasteiger partial charge in [-0.05, 0) is 166 Å². The predicted molar refractivity (Wildman–Crippen MR) is 438 cm³/mol. The zero-order valence-electron chi connectivity index (χ0n) is 72.0. The lowest BCUT2D eigenvalue weighted by molar-refractivity contribution is 0.480. The Morgan fingerprint density at radius 3 is 1.37 bits per heavy atom. The number of para-hydroxylation sites is 7. The number of hydrogen-bond donors (Lipinski definition) is 1. The first kappa shape index (κ1) is 47.2. The molecule has 496 valence electrons. The van der Waals surface area contributed by atoms with Gasteiger partial charge in [0, 0.05) is 94.0 Å². The van der Waals surface area contributed by atoms with Gasteiger partial charge in [-0.3, -0.25) is 0 Å². The number of hydrogen-bond acceptors (Lipinski definition) is 5. The largest absolute Gasteiger partial charge is 0.506 e. The molecule has 19 aromatic rings. The van der Waals surface area contributed by atoms with Crippen LogP contribution in [0.4, 0.5) is 34.1 Å². The average molecular weight is 1370 g/mol. The average Bonchev–Trinajstić information content (AvgIpc) is 1.52. The van der Waals surface area contributed by atoms with Gasteiger partial charge in [0.05, 0.1) is 99.0 Å². The molecule has 6 heterocycles. The van der Waals surface area contributed by atoms with Crippen molar-refractivity contribution in [2.75, 3.05) is 9.80 Å². The van der Waals surface area contributed by atoms with Gasteiger partial charge in [0.15, 0.2) is 0 Å². The molecule has 0 atom stereocenters. The van der Waals surface area contributed by atoms with Gasteiger partial charge in [-0.2, -0.15) is 10.5 Å². The van der Waals surface area contributed by atoms with Crippen LogP contribution in [0.5, 0.6) is 5.75 Å². The summed E-state index contributed by atoms with van der Waals surface area (Å²) in [5, 5.41) is 38.5. The van der Waals surface area contributed by atoms with E-state index in [0.717, 1.165) is 65.9 Å². The Balaban J connectivity index is 0.990. The van der Waals surface area contributed by atoms with Crippen molar-refractivity contribution in [1.29, 1.82) is 10.5 Å². The fourth-order valence-electron chi connectivity index (χ4n) is 16.8. The third-order valence-corrected chi connectivity index (χ3v) is 21.4. The Morgan fingerprint density at radius 1 is 0.358 bits per heavy atom. The van der Waals surface area contributed by atoms with Crippen molar-refractivity contribution in [1.82, 2.24) is 18.3 Å². The Hall–Kier alpha value is -14.1. The highest BCUT2D eigenvalue weighted by Gasteiger charge is 2.46. The minimum atomic E-state index is -0.918. The number of aromatic hydroxyl groups is 1. The van der Waals surface area contributed by atoms with Crippen molar-refractivity contribution in [2.45, 2.75) is 26.2 Å². The zero-order chi connectivity index (χ0) is 83.8. The Bertz CT molecular complexity index is 7770. The SMILES string of the molecule is [2H]c1c([2H])c([2H])c2c(c1[2H])c1c([2H])c([2H])c([2H])c([2H])c1n2-c1ccc2c(c1)N(c1cc(-n3c4ccccc4c4ccccc43)ccc1C#N)c1cc(-n3c4ccccc4c4cc(C#N)ccc43)cc3c1B2c1ccc(-n2c4c([2H])c([2H])c([2H])c([2H])c4c4c([2H])c([2H])c([2H])c(O)c42)cc1N3c1c(-c2ccccc2)cc(C(C)(C)C)cc1-c1ccccc1. The fraction of sp³-hybridized carbons (Fsp3) is 0.0417. The van der Waals surface area contributed by atoms with Gasteiger partial charge >= 0.3 is 0 Å². The Labute approximate surface area is 632 Å². The van der Waals surface area contributed by atoms with Crippen LogP contribution in [0.2, 0.25) is 0 Å². The van der Waals surface area contributed by atoms with Crippen molar-refractivity contribution in [3.8, 4) is 62.9 Å². The molecular formula is C96H63BN8O. The molecular weight excluding hydrogens is 1290 g/mol. The molecule has 0 amide bonds. The summed E-state index contributed by atoms with van der Waals surface area (Å²) in [5.74, 6) is -0.743. The van der Waals surface area contributed by atoms with Crippen LogP contribution in [0.25, 0.3) is 132 Å². The number of phenolic OH excluding ortho intramolecular Hbond substituents is 1. The van der Waals surface area contributed by atoms with Crippen molar-refractivity contribution in [3.05, 3.63) is 338 Å². The van der Waals surface area contributed by atoms with Gasteiger partial charge in [0.2, 0.25) is 0 Å².